The molecule has 1 aliphatic rings. The minimum atomic E-state index is -4.28. The van der Waals surface area contributed by atoms with Crippen molar-refractivity contribution in [1.29, 1.82) is 0 Å². The van der Waals surface area contributed by atoms with Crippen LogP contribution in [0.15, 0.2) is 0 Å². The van der Waals surface area contributed by atoms with Gasteiger partial charge >= 0.3 is 12.1 Å². The molecule has 90 valence electrons. The van der Waals surface area contributed by atoms with Crippen LogP contribution >= 0.6 is 12.4 Å². The molecule has 0 aromatic rings. The quantitative estimate of drug-likeness (QED) is 0.754. The zero-order valence-corrected chi connectivity index (χ0v) is 8.95. The number of hydrogen-bond acceptors (Lipinski definition) is 3. The van der Waals surface area contributed by atoms with Crippen LogP contribution in [0.2, 0.25) is 0 Å². The van der Waals surface area contributed by atoms with Crippen molar-refractivity contribution in [3.63, 3.8) is 0 Å². The van der Waals surface area contributed by atoms with Gasteiger partial charge in [0.2, 0.25) is 0 Å². The second-order valence-corrected chi connectivity index (χ2v) is 3.14. The summed E-state index contributed by atoms with van der Waals surface area (Å²) in [4.78, 5) is 11.1. The zero-order valence-electron chi connectivity index (χ0n) is 8.13. The molecule has 7 heteroatoms. The van der Waals surface area contributed by atoms with Crippen LogP contribution in [-0.4, -0.2) is 30.8 Å². The monoisotopic (exact) mass is 247 g/mol. The van der Waals surface area contributed by atoms with Gasteiger partial charge in [-0.25, -0.2) is 0 Å². The van der Waals surface area contributed by atoms with Crippen LogP contribution in [-0.2, 0) is 9.53 Å². The summed E-state index contributed by atoms with van der Waals surface area (Å²) in [5, 5.41) is 2.22. The predicted molar refractivity (Wildman–Crippen MR) is 49.9 cm³/mol. The van der Waals surface area contributed by atoms with Crippen molar-refractivity contribution < 1.29 is 22.7 Å². The number of nitrogens with one attached hydrogen (secondary N) is 1. The lowest BCUT2D eigenvalue weighted by molar-refractivity contribution is -0.155. The highest BCUT2D eigenvalue weighted by atomic mass is 35.5. The Morgan fingerprint density at radius 3 is 2.47 bits per heavy atom. The number of hydrogen-bond donors (Lipinski definition) is 1. The number of alkyl halides is 3. The lowest BCUT2D eigenvalue weighted by Gasteiger charge is -2.16. The smallest absolute Gasteiger partial charge is 0.403 e. The molecule has 1 N–H and O–H groups in total. The Hall–Kier alpha value is -0.490. The maximum atomic E-state index is 12.2. The summed E-state index contributed by atoms with van der Waals surface area (Å²) in [5.74, 6) is -0.598. The normalized spacial score (nSPS) is 25.9. The molecule has 1 rings (SSSR count). The van der Waals surface area contributed by atoms with Gasteiger partial charge in [0.25, 0.3) is 0 Å². The van der Waals surface area contributed by atoms with E-state index < -0.39 is 24.2 Å². The Morgan fingerprint density at radius 1 is 1.47 bits per heavy atom. The van der Waals surface area contributed by atoms with E-state index in [0.717, 1.165) is 0 Å². The fraction of sp³-hybridized carbons (Fsp3) is 0.875. The van der Waals surface area contributed by atoms with Crippen LogP contribution < -0.4 is 5.32 Å². The molecule has 0 aromatic heterocycles. The number of ether oxygens (including phenoxy) is 1. The van der Waals surface area contributed by atoms with E-state index in [1.165, 1.54) is 0 Å². The van der Waals surface area contributed by atoms with Crippen molar-refractivity contribution in [2.75, 3.05) is 6.61 Å². The van der Waals surface area contributed by atoms with Gasteiger partial charge in [0.15, 0.2) is 0 Å². The van der Waals surface area contributed by atoms with Gasteiger partial charge in [-0.2, -0.15) is 13.2 Å². The minimum Gasteiger partial charge on any atom is -0.465 e. The van der Waals surface area contributed by atoms with Crippen LogP contribution in [0.3, 0.4) is 0 Å². The van der Waals surface area contributed by atoms with Gasteiger partial charge in [-0.3, -0.25) is 10.1 Å². The topological polar surface area (TPSA) is 38.3 Å². The summed E-state index contributed by atoms with van der Waals surface area (Å²) in [6.07, 6.45) is -4.16. The average Bonchev–Trinajstić information content (AvgIpc) is 2.51. The molecular weight excluding hydrogens is 235 g/mol. The second-order valence-electron chi connectivity index (χ2n) is 3.14. The summed E-state index contributed by atoms with van der Waals surface area (Å²) < 4.78 is 41.1. The molecule has 1 heterocycles. The maximum Gasteiger partial charge on any atom is 0.403 e. The van der Waals surface area contributed by atoms with Gasteiger partial charge < -0.3 is 4.74 Å². The highest BCUT2D eigenvalue weighted by Crippen LogP contribution is 2.28. The Kier molecular flexibility index (Phi) is 5.37. The predicted octanol–water partition coefficient (Wildman–Crippen LogP) is 1.65. The van der Waals surface area contributed by atoms with Crippen molar-refractivity contribution in [1.82, 2.24) is 5.32 Å². The molecular formula is C8H13ClF3NO2. The number of rotatable bonds is 2. The van der Waals surface area contributed by atoms with Gasteiger partial charge in [-0.1, -0.05) is 0 Å². The van der Waals surface area contributed by atoms with Gasteiger partial charge in [0, 0.05) is 0 Å². The van der Waals surface area contributed by atoms with Crippen LogP contribution in [0.4, 0.5) is 13.2 Å². The van der Waals surface area contributed by atoms with Crippen molar-refractivity contribution in [2.45, 2.75) is 38.0 Å². The van der Waals surface area contributed by atoms with E-state index >= 15 is 0 Å². The first-order valence-electron chi connectivity index (χ1n) is 4.44. The van der Waals surface area contributed by atoms with Crippen LogP contribution in [0.5, 0.6) is 0 Å². The molecule has 15 heavy (non-hydrogen) atoms. The van der Waals surface area contributed by atoms with Crippen molar-refractivity contribution in [2.24, 2.45) is 0 Å². The van der Waals surface area contributed by atoms with E-state index in [9.17, 15) is 18.0 Å². The van der Waals surface area contributed by atoms with Gasteiger partial charge in [0.05, 0.1) is 6.61 Å². The average molecular weight is 248 g/mol. The Morgan fingerprint density at radius 2 is 2.07 bits per heavy atom. The fourth-order valence-corrected chi connectivity index (χ4v) is 1.43. The molecule has 0 aliphatic carbocycles. The molecule has 3 nitrogen and oxygen atoms in total. The zero-order chi connectivity index (χ0) is 10.8. The molecule has 2 atom stereocenters. The third kappa shape index (κ3) is 3.87. The molecule has 0 bridgehead atoms. The molecule has 0 saturated carbocycles. The number of halogens is 4. The SMILES string of the molecule is CCOC(=O)C1CCC(C(F)(F)F)N1.Cl. The summed E-state index contributed by atoms with van der Waals surface area (Å²) >= 11 is 0. The van der Waals surface area contributed by atoms with E-state index in [-0.39, 0.29) is 31.9 Å². The lowest BCUT2D eigenvalue weighted by atomic mass is 10.2. The molecule has 1 aliphatic heterocycles. The van der Waals surface area contributed by atoms with Crippen LogP contribution in [0, 0.1) is 0 Å². The van der Waals surface area contributed by atoms with Crippen molar-refractivity contribution in [3.8, 4) is 0 Å². The summed E-state index contributed by atoms with van der Waals surface area (Å²) in [7, 11) is 0. The van der Waals surface area contributed by atoms with Gasteiger partial charge in [-0.15, -0.1) is 12.4 Å². The first kappa shape index (κ1) is 14.5. The van der Waals surface area contributed by atoms with Gasteiger partial charge in [0.1, 0.15) is 12.1 Å². The van der Waals surface area contributed by atoms with E-state index in [1.807, 2.05) is 0 Å². The molecule has 1 saturated heterocycles. The number of carbonyl (C=O) groups excluding carboxylic acids is 1. The van der Waals surface area contributed by atoms with E-state index in [2.05, 4.69) is 10.1 Å². The summed E-state index contributed by atoms with van der Waals surface area (Å²) in [6.45, 7) is 1.81. The molecule has 0 amide bonds. The molecule has 0 spiro atoms. The third-order valence-electron chi connectivity index (χ3n) is 2.11. The van der Waals surface area contributed by atoms with Crippen molar-refractivity contribution >= 4 is 18.4 Å². The molecule has 1 fully saturated rings. The third-order valence-corrected chi connectivity index (χ3v) is 2.11. The van der Waals surface area contributed by atoms with E-state index in [4.69, 9.17) is 0 Å². The Bertz CT molecular complexity index is 222. The standard InChI is InChI=1S/C8H12F3NO2.ClH/c1-2-14-7(13)5-3-4-6(12-5)8(9,10)11;/h5-6,12H,2-4H2,1H3;1H. The Balaban J connectivity index is 0.00000196. The second kappa shape index (κ2) is 5.55. The first-order valence-corrected chi connectivity index (χ1v) is 4.44. The van der Waals surface area contributed by atoms with Crippen molar-refractivity contribution in [3.05, 3.63) is 0 Å². The minimum absolute atomic E-state index is 0. The van der Waals surface area contributed by atoms with E-state index in [0.29, 0.717) is 0 Å². The molecule has 0 radical (unpaired) electrons. The highest BCUT2D eigenvalue weighted by Gasteiger charge is 2.45. The van der Waals surface area contributed by atoms with Gasteiger partial charge in [-0.05, 0) is 19.8 Å². The van der Waals surface area contributed by atoms with Crippen LogP contribution in [0.25, 0.3) is 0 Å². The number of carbonyl (C=O) groups is 1. The Labute approximate surface area is 91.8 Å². The summed E-state index contributed by atoms with van der Waals surface area (Å²) in [5.41, 5.74) is 0. The fourth-order valence-electron chi connectivity index (χ4n) is 1.43. The lowest BCUT2D eigenvalue weighted by Crippen LogP contribution is -2.43. The summed E-state index contributed by atoms with van der Waals surface area (Å²) in [6, 6.07) is -2.38. The molecule has 2 unspecified atom stereocenters. The highest BCUT2D eigenvalue weighted by molar-refractivity contribution is 5.85. The largest absolute Gasteiger partial charge is 0.465 e. The van der Waals surface area contributed by atoms with E-state index in [1.54, 1.807) is 6.92 Å². The number of esters is 1. The maximum absolute atomic E-state index is 12.2. The first-order chi connectivity index (χ1) is 6.45. The molecule has 0 aromatic carbocycles. The van der Waals surface area contributed by atoms with Crippen LogP contribution in [0.1, 0.15) is 19.8 Å².